The van der Waals surface area contributed by atoms with Crippen LogP contribution in [0.4, 0.5) is 30.7 Å². The van der Waals surface area contributed by atoms with Crippen LogP contribution in [0.2, 0.25) is 0 Å². The second kappa shape index (κ2) is 11.4. The molecule has 1 spiro atoms. The first-order valence-electron chi connectivity index (χ1n) is 14.7. The standard InChI is InChI=1S/C32H37F7N2O2/c1-28(2,22-16-23(31(34,35)36)18-24(17-22)32(37,38)39)27(42)40-30(21-6-4-3-5-7-21)9-8-26(25(33)19-30)41-13-10-29(11-14-41)12-15-43-20-29/h3-7,16-18,25-26H,8-15,19-20H2,1-2H3,(H,40,42)/t25-,26+,30+/m1/s1. The summed E-state index contributed by atoms with van der Waals surface area (Å²) in [7, 11) is 0. The van der Waals surface area contributed by atoms with Gasteiger partial charge in [-0.05, 0) is 93.8 Å². The van der Waals surface area contributed by atoms with Crippen molar-refractivity contribution in [2.75, 3.05) is 26.3 Å². The molecule has 2 heterocycles. The van der Waals surface area contributed by atoms with Gasteiger partial charge in [-0.25, -0.2) is 4.39 Å². The zero-order valence-corrected chi connectivity index (χ0v) is 24.3. The predicted octanol–water partition coefficient (Wildman–Crippen LogP) is 7.41. The van der Waals surface area contributed by atoms with Gasteiger partial charge in [0, 0.05) is 19.1 Å². The third-order valence-electron chi connectivity index (χ3n) is 9.90. The molecule has 0 aromatic heterocycles. The van der Waals surface area contributed by atoms with Crippen molar-refractivity contribution < 1.29 is 40.3 Å². The third kappa shape index (κ3) is 6.43. The van der Waals surface area contributed by atoms with E-state index in [0.717, 1.165) is 45.6 Å². The van der Waals surface area contributed by atoms with E-state index in [0.29, 0.717) is 30.5 Å². The minimum absolute atomic E-state index is 0.0417. The lowest BCUT2D eigenvalue weighted by atomic mass is 9.71. The van der Waals surface area contributed by atoms with E-state index < -0.39 is 52.1 Å². The Hall–Kier alpha value is -2.66. The van der Waals surface area contributed by atoms with Crippen LogP contribution < -0.4 is 5.32 Å². The van der Waals surface area contributed by atoms with Crippen LogP contribution >= 0.6 is 0 Å². The summed E-state index contributed by atoms with van der Waals surface area (Å²) in [4.78, 5) is 16.0. The Kier molecular flexibility index (Phi) is 8.39. The Balaban J connectivity index is 1.40. The molecule has 236 valence electrons. The minimum atomic E-state index is -5.05. The fourth-order valence-corrected chi connectivity index (χ4v) is 6.96. The van der Waals surface area contributed by atoms with E-state index in [1.807, 2.05) is 0 Å². The van der Waals surface area contributed by atoms with E-state index in [9.17, 15) is 31.1 Å². The molecule has 1 amide bonds. The van der Waals surface area contributed by atoms with E-state index in [1.54, 1.807) is 30.3 Å². The number of hydrogen-bond acceptors (Lipinski definition) is 3. The number of rotatable bonds is 5. The SMILES string of the molecule is CC(C)(C(=O)N[C@@]1(c2ccccc2)CC[C@H](N2CCC3(CCOC3)CC2)[C@H](F)C1)c1cc(C(F)(F)F)cc(C(F)(F)F)c1. The van der Waals surface area contributed by atoms with Crippen molar-refractivity contribution in [3.63, 3.8) is 0 Å². The Morgan fingerprint density at radius 2 is 1.47 bits per heavy atom. The number of amides is 1. The Morgan fingerprint density at radius 3 is 1.98 bits per heavy atom. The Bertz CT molecular complexity index is 1260. The van der Waals surface area contributed by atoms with Crippen molar-refractivity contribution in [2.45, 2.75) is 87.9 Å². The minimum Gasteiger partial charge on any atom is -0.381 e. The Morgan fingerprint density at radius 1 is 0.884 bits per heavy atom. The van der Waals surface area contributed by atoms with Gasteiger partial charge >= 0.3 is 12.4 Å². The maximum Gasteiger partial charge on any atom is 0.416 e. The number of benzene rings is 2. The monoisotopic (exact) mass is 614 g/mol. The predicted molar refractivity (Wildman–Crippen MR) is 147 cm³/mol. The second-order valence-electron chi connectivity index (χ2n) is 13.0. The lowest BCUT2D eigenvalue weighted by Crippen LogP contribution is -2.59. The molecule has 2 saturated heterocycles. The summed E-state index contributed by atoms with van der Waals surface area (Å²) in [5.74, 6) is -0.782. The summed E-state index contributed by atoms with van der Waals surface area (Å²) >= 11 is 0. The molecule has 4 nitrogen and oxygen atoms in total. The van der Waals surface area contributed by atoms with E-state index in [1.165, 1.54) is 13.8 Å². The summed E-state index contributed by atoms with van der Waals surface area (Å²) in [6.07, 6.45) is -7.79. The van der Waals surface area contributed by atoms with Crippen LogP contribution in [0.15, 0.2) is 48.5 Å². The molecule has 0 unspecified atom stereocenters. The van der Waals surface area contributed by atoms with Crippen molar-refractivity contribution in [1.29, 1.82) is 0 Å². The molecule has 5 rings (SSSR count). The fourth-order valence-electron chi connectivity index (χ4n) is 6.96. The lowest BCUT2D eigenvalue weighted by molar-refractivity contribution is -0.143. The molecule has 0 bridgehead atoms. The first kappa shape index (κ1) is 31.8. The molecular formula is C32H37F7N2O2. The van der Waals surface area contributed by atoms with Gasteiger partial charge in [0.25, 0.3) is 0 Å². The fraction of sp³-hybridized carbons (Fsp3) is 0.594. The summed E-state index contributed by atoms with van der Waals surface area (Å²) in [5.41, 5.74) is -5.59. The topological polar surface area (TPSA) is 41.6 Å². The highest BCUT2D eigenvalue weighted by atomic mass is 19.4. The maximum absolute atomic E-state index is 16.2. The van der Waals surface area contributed by atoms with Gasteiger partial charge in [-0.3, -0.25) is 9.69 Å². The molecule has 3 atom stereocenters. The van der Waals surface area contributed by atoms with Gasteiger partial charge in [-0.2, -0.15) is 26.3 Å². The quantitative estimate of drug-likeness (QED) is 0.357. The summed E-state index contributed by atoms with van der Waals surface area (Å²) in [5, 5.41) is 2.92. The van der Waals surface area contributed by atoms with Gasteiger partial charge in [0.1, 0.15) is 6.17 Å². The summed E-state index contributed by atoms with van der Waals surface area (Å²) in [6, 6.07) is 9.66. The highest BCUT2D eigenvalue weighted by Gasteiger charge is 2.49. The number of carbonyl (C=O) groups is 1. The van der Waals surface area contributed by atoms with E-state index in [-0.39, 0.29) is 23.9 Å². The largest absolute Gasteiger partial charge is 0.416 e. The van der Waals surface area contributed by atoms with E-state index >= 15 is 4.39 Å². The number of nitrogens with zero attached hydrogens (tertiary/aromatic N) is 1. The first-order chi connectivity index (χ1) is 20.0. The van der Waals surface area contributed by atoms with Crippen LogP contribution in [0, 0.1) is 5.41 Å². The van der Waals surface area contributed by atoms with E-state index in [2.05, 4.69) is 10.2 Å². The Labute approximate surface area is 247 Å². The maximum atomic E-state index is 16.2. The van der Waals surface area contributed by atoms with Crippen LogP contribution in [0.3, 0.4) is 0 Å². The molecular weight excluding hydrogens is 577 g/mol. The summed E-state index contributed by atoms with van der Waals surface area (Å²) in [6.45, 7) is 5.56. The summed E-state index contributed by atoms with van der Waals surface area (Å²) < 4.78 is 103. The van der Waals surface area contributed by atoms with Gasteiger partial charge in [-0.1, -0.05) is 30.3 Å². The molecule has 3 fully saturated rings. The number of piperidine rings is 1. The molecule has 1 N–H and O–H groups in total. The molecule has 43 heavy (non-hydrogen) atoms. The normalized spacial score (nSPS) is 26.9. The lowest BCUT2D eigenvalue weighted by Gasteiger charge is -2.49. The van der Waals surface area contributed by atoms with Crippen LogP contribution in [-0.2, 0) is 32.8 Å². The number of alkyl halides is 7. The molecule has 11 heteroatoms. The highest BCUT2D eigenvalue weighted by molar-refractivity contribution is 5.88. The van der Waals surface area contributed by atoms with Crippen molar-refractivity contribution in [3.05, 3.63) is 70.8 Å². The number of hydrogen-bond donors (Lipinski definition) is 1. The molecule has 2 aliphatic heterocycles. The van der Waals surface area contributed by atoms with Gasteiger partial charge in [0.05, 0.1) is 28.7 Å². The van der Waals surface area contributed by atoms with E-state index in [4.69, 9.17) is 4.74 Å². The average Bonchev–Trinajstić information content (AvgIpc) is 3.41. The number of nitrogens with one attached hydrogen (secondary N) is 1. The number of likely N-dealkylation sites (tertiary alicyclic amines) is 1. The van der Waals surface area contributed by atoms with Crippen molar-refractivity contribution in [3.8, 4) is 0 Å². The van der Waals surface area contributed by atoms with Crippen molar-refractivity contribution in [1.82, 2.24) is 10.2 Å². The molecule has 2 aromatic rings. The molecule has 3 aliphatic rings. The molecule has 1 aliphatic carbocycles. The average molecular weight is 615 g/mol. The number of carbonyl (C=O) groups excluding carboxylic acids is 1. The van der Waals surface area contributed by atoms with Gasteiger partial charge in [0.2, 0.25) is 5.91 Å². The molecule has 1 saturated carbocycles. The van der Waals surface area contributed by atoms with Gasteiger partial charge < -0.3 is 10.1 Å². The highest BCUT2D eigenvalue weighted by Crippen LogP contribution is 2.45. The zero-order chi connectivity index (χ0) is 31.3. The smallest absolute Gasteiger partial charge is 0.381 e. The van der Waals surface area contributed by atoms with Crippen LogP contribution in [-0.4, -0.2) is 49.3 Å². The third-order valence-corrected chi connectivity index (χ3v) is 9.90. The molecule has 0 radical (unpaired) electrons. The van der Waals surface area contributed by atoms with Crippen LogP contribution in [0.1, 0.15) is 74.6 Å². The number of halogens is 7. The van der Waals surface area contributed by atoms with Crippen LogP contribution in [0.5, 0.6) is 0 Å². The van der Waals surface area contributed by atoms with Gasteiger partial charge in [0.15, 0.2) is 0 Å². The second-order valence-corrected chi connectivity index (χ2v) is 13.0. The van der Waals surface area contributed by atoms with Crippen molar-refractivity contribution in [2.24, 2.45) is 5.41 Å². The van der Waals surface area contributed by atoms with Crippen molar-refractivity contribution >= 4 is 5.91 Å². The van der Waals surface area contributed by atoms with Gasteiger partial charge in [-0.15, -0.1) is 0 Å². The molecule has 2 aromatic carbocycles. The number of ether oxygens (including phenoxy) is 1. The zero-order valence-electron chi connectivity index (χ0n) is 24.3. The first-order valence-corrected chi connectivity index (χ1v) is 14.7. The van der Waals surface area contributed by atoms with Crippen LogP contribution in [0.25, 0.3) is 0 Å².